The number of hydrogen-bond acceptors (Lipinski definition) is 7. The largest absolute Gasteiger partial charge is 0.458 e. The number of rotatable bonds is 3. The van der Waals surface area contributed by atoms with Crippen molar-refractivity contribution in [3.05, 3.63) is 46.8 Å². The number of hydrogen-bond donors (Lipinski definition) is 0. The fourth-order valence-electron chi connectivity index (χ4n) is 4.06. The van der Waals surface area contributed by atoms with Crippen LogP contribution in [0, 0.1) is 12.8 Å². The molecule has 1 saturated heterocycles. The lowest BCUT2D eigenvalue weighted by molar-refractivity contribution is -0.153. The van der Waals surface area contributed by atoms with E-state index in [4.69, 9.17) is 14.2 Å². The van der Waals surface area contributed by atoms with Crippen molar-refractivity contribution < 1.29 is 33.0 Å². The van der Waals surface area contributed by atoms with Gasteiger partial charge in [0.2, 0.25) is 5.78 Å². The molecule has 1 radical (unpaired) electrons. The van der Waals surface area contributed by atoms with Crippen LogP contribution in [0.2, 0.25) is 0 Å². The Morgan fingerprint density at radius 3 is 2.59 bits per heavy atom. The highest BCUT2D eigenvalue weighted by Crippen LogP contribution is 2.33. The van der Waals surface area contributed by atoms with Crippen LogP contribution in [0.25, 0.3) is 6.08 Å². The number of halogens is 1. The first kappa shape index (κ1) is 25.8. The molecular weight excluding hydrogens is 440 g/mol. The first-order chi connectivity index (χ1) is 15.9. The van der Waals surface area contributed by atoms with Crippen molar-refractivity contribution in [3.8, 4) is 0 Å². The molecule has 0 aliphatic carbocycles. The normalized spacial score (nSPS) is 28.6. The first-order valence-electron chi connectivity index (χ1n) is 11.2. The Labute approximate surface area is 200 Å². The van der Waals surface area contributed by atoms with Crippen molar-refractivity contribution in [1.82, 2.24) is 0 Å². The van der Waals surface area contributed by atoms with Crippen molar-refractivity contribution in [3.63, 3.8) is 0 Å². The molecule has 2 aliphatic heterocycles. The number of carbonyl (C=O) groups excluding carboxylic acids is 3. The summed E-state index contributed by atoms with van der Waals surface area (Å²) in [6, 6.07) is 3.56. The number of anilines is 1. The molecule has 0 bridgehead atoms. The van der Waals surface area contributed by atoms with E-state index in [-0.39, 0.29) is 6.42 Å². The van der Waals surface area contributed by atoms with E-state index in [9.17, 15) is 18.8 Å². The molecule has 0 aromatic heterocycles. The lowest BCUT2D eigenvalue weighted by Crippen LogP contribution is -2.32. The Bertz CT molecular complexity index is 1040. The van der Waals surface area contributed by atoms with Gasteiger partial charge >= 0.3 is 13.4 Å². The third-order valence-electron chi connectivity index (χ3n) is 6.03. The minimum atomic E-state index is -1.09. The molecule has 0 saturated carbocycles. The van der Waals surface area contributed by atoms with Gasteiger partial charge in [-0.2, -0.15) is 0 Å². The number of benzene rings is 1. The molecule has 181 valence electrons. The van der Waals surface area contributed by atoms with Crippen molar-refractivity contribution in [1.29, 1.82) is 0 Å². The molecule has 34 heavy (non-hydrogen) atoms. The average molecular weight is 470 g/mol. The van der Waals surface area contributed by atoms with Crippen LogP contribution < -0.4 is 4.81 Å². The Kier molecular flexibility index (Phi) is 7.78. The second-order valence-electron chi connectivity index (χ2n) is 9.20. The lowest BCUT2D eigenvalue weighted by Gasteiger charge is -2.22. The molecule has 9 heteroatoms. The van der Waals surface area contributed by atoms with E-state index >= 15 is 0 Å². The van der Waals surface area contributed by atoms with Gasteiger partial charge in [-0.1, -0.05) is 19.1 Å². The molecule has 4 atom stereocenters. The lowest BCUT2D eigenvalue weighted by atomic mass is 9.92. The third kappa shape index (κ3) is 5.64. The van der Waals surface area contributed by atoms with Gasteiger partial charge in [0.25, 0.3) is 0 Å². The number of fused-ring (bicyclic) bond motifs is 2. The Balaban J connectivity index is 2.09. The van der Waals surface area contributed by atoms with Gasteiger partial charge in [-0.15, -0.1) is 0 Å². The summed E-state index contributed by atoms with van der Waals surface area (Å²) in [5, 5.41) is 0. The molecule has 2 aliphatic rings. The van der Waals surface area contributed by atoms with Gasteiger partial charge in [-0.3, -0.25) is 4.79 Å². The first-order valence-corrected chi connectivity index (χ1v) is 11.2. The average Bonchev–Trinajstić information content (AvgIpc) is 3.06. The zero-order valence-electron chi connectivity index (χ0n) is 20.3. The molecule has 3 rings (SSSR count). The number of nitrogens with zero attached hydrogens (tertiary/aromatic N) is 1. The van der Waals surface area contributed by atoms with Crippen LogP contribution in [0.15, 0.2) is 30.1 Å². The highest BCUT2D eigenvalue weighted by molar-refractivity contribution is 6.70. The van der Waals surface area contributed by atoms with E-state index < -0.39 is 47.6 Å². The van der Waals surface area contributed by atoms with Gasteiger partial charge in [0, 0.05) is 11.6 Å². The number of ether oxygens (including phenoxy) is 3. The fraction of sp³-hybridized carbons (Fsp3) is 0.480. The highest BCUT2D eigenvalue weighted by atomic mass is 19.1. The molecule has 1 fully saturated rings. The number of carbonyl (C=O) groups is 3. The minimum Gasteiger partial charge on any atom is -0.458 e. The van der Waals surface area contributed by atoms with Crippen molar-refractivity contribution >= 4 is 37.1 Å². The summed E-state index contributed by atoms with van der Waals surface area (Å²) in [4.78, 5) is 38.5. The maximum atomic E-state index is 14.8. The summed E-state index contributed by atoms with van der Waals surface area (Å²) in [7, 11) is 3.10. The number of Topliss-reactive ketones (excluding diaryl/α,β-unsaturated/α-hetero) is 1. The van der Waals surface area contributed by atoms with Crippen LogP contribution in [-0.2, 0) is 23.8 Å². The SMILES string of the molecule is Cc1cc(N(C)[B]C=O)cc2c1C(=O)O[C@@H](C)[C@H](C)/C=C(/F)C(=O)[C@H]1OC(C)(C)O[C@H]1CC=C2. The van der Waals surface area contributed by atoms with Gasteiger partial charge in [-0.25, -0.2) is 9.18 Å². The van der Waals surface area contributed by atoms with E-state index in [2.05, 4.69) is 0 Å². The van der Waals surface area contributed by atoms with E-state index in [1.165, 1.54) is 7.41 Å². The zero-order valence-corrected chi connectivity index (χ0v) is 20.3. The molecule has 0 N–H and O–H groups in total. The molecule has 2 heterocycles. The molecule has 0 amide bonds. The fourth-order valence-corrected chi connectivity index (χ4v) is 4.06. The van der Waals surface area contributed by atoms with Crippen LogP contribution in [0.3, 0.4) is 0 Å². The van der Waals surface area contributed by atoms with E-state index in [1.54, 1.807) is 70.8 Å². The third-order valence-corrected chi connectivity index (χ3v) is 6.03. The Hall–Kier alpha value is -2.78. The minimum absolute atomic E-state index is 0.257. The van der Waals surface area contributed by atoms with Crippen LogP contribution in [0.1, 0.15) is 55.6 Å². The molecule has 1 aromatic carbocycles. The Morgan fingerprint density at radius 1 is 1.21 bits per heavy atom. The summed E-state index contributed by atoms with van der Waals surface area (Å²) >= 11 is 0. The quantitative estimate of drug-likeness (QED) is 0.378. The summed E-state index contributed by atoms with van der Waals surface area (Å²) in [6.45, 7) is 8.46. The summed E-state index contributed by atoms with van der Waals surface area (Å²) in [5.74, 6) is -3.89. The van der Waals surface area contributed by atoms with Crippen LogP contribution in [0.4, 0.5) is 10.1 Å². The maximum absolute atomic E-state index is 14.8. The summed E-state index contributed by atoms with van der Waals surface area (Å²) in [6.07, 6.45) is 3.12. The number of aryl methyl sites for hydroxylation is 1. The molecule has 1 aromatic rings. The van der Waals surface area contributed by atoms with Crippen LogP contribution in [0.5, 0.6) is 0 Å². The standard InChI is InChI=1S/C25H30BFNO6/c1-14-11-19(27)22(30)23-20(33-25(4,5)34-23)9-7-8-17-12-18(28(6)26-13-29)10-15(2)21(17)24(31)32-16(14)3/h7-8,10-14,16,20,23H,9H2,1-6H3/b8-7?,19-11+/t14-,16+,20+,23+/m1/s1. The van der Waals surface area contributed by atoms with Gasteiger partial charge in [-0.05, 0) is 70.5 Å². The topological polar surface area (TPSA) is 82.1 Å². The second kappa shape index (κ2) is 10.2. The van der Waals surface area contributed by atoms with Crippen LogP contribution in [-0.4, -0.2) is 56.5 Å². The van der Waals surface area contributed by atoms with Gasteiger partial charge in [0.1, 0.15) is 12.3 Å². The van der Waals surface area contributed by atoms with Crippen LogP contribution >= 0.6 is 0 Å². The van der Waals surface area contributed by atoms with Crippen molar-refractivity contribution in [2.45, 2.75) is 65.1 Å². The summed E-state index contributed by atoms with van der Waals surface area (Å²) < 4.78 is 32.1. The smallest absolute Gasteiger partial charge is 0.339 e. The number of cyclic esters (lactones) is 1. The zero-order chi connectivity index (χ0) is 25.2. The predicted octanol–water partition coefficient (Wildman–Crippen LogP) is 3.78. The number of ketones is 1. The second-order valence-corrected chi connectivity index (χ2v) is 9.20. The highest BCUT2D eigenvalue weighted by Gasteiger charge is 2.45. The molecule has 0 unspecified atom stereocenters. The van der Waals surface area contributed by atoms with Gasteiger partial charge < -0.3 is 23.8 Å². The number of esters is 1. The molecule has 7 nitrogen and oxygen atoms in total. The van der Waals surface area contributed by atoms with Gasteiger partial charge in [0.05, 0.1) is 11.7 Å². The summed E-state index contributed by atoms with van der Waals surface area (Å²) in [5.41, 5.74) is 2.34. The Morgan fingerprint density at radius 2 is 1.91 bits per heavy atom. The predicted molar refractivity (Wildman–Crippen MR) is 128 cm³/mol. The van der Waals surface area contributed by atoms with Gasteiger partial charge in [0.15, 0.2) is 17.7 Å². The molecular formula is C25H30BFNO6. The van der Waals surface area contributed by atoms with E-state index in [0.717, 1.165) is 6.08 Å². The monoisotopic (exact) mass is 470 g/mol. The van der Waals surface area contributed by atoms with E-state index in [0.29, 0.717) is 28.6 Å². The van der Waals surface area contributed by atoms with Crippen molar-refractivity contribution in [2.24, 2.45) is 5.92 Å². The molecule has 0 spiro atoms. The van der Waals surface area contributed by atoms with E-state index in [1.807, 2.05) is 0 Å². The van der Waals surface area contributed by atoms with Crippen molar-refractivity contribution in [2.75, 3.05) is 11.9 Å². The maximum Gasteiger partial charge on any atom is 0.339 e.